The van der Waals surface area contributed by atoms with Crippen LogP contribution in [-0.2, 0) is 4.74 Å². The largest absolute Gasteiger partial charge is 0.465 e. The van der Waals surface area contributed by atoms with Gasteiger partial charge in [-0.1, -0.05) is 58.4 Å². The van der Waals surface area contributed by atoms with E-state index < -0.39 is 0 Å². The van der Waals surface area contributed by atoms with Crippen LogP contribution in [0.3, 0.4) is 0 Å². The Kier molecular flexibility index (Phi) is 3.93. The van der Waals surface area contributed by atoms with Crippen molar-refractivity contribution in [3.05, 3.63) is 75.8 Å². The lowest BCUT2D eigenvalue weighted by Crippen LogP contribution is -2.30. The molecule has 2 aliphatic rings. The maximum atomic E-state index is 12.2. The van der Waals surface area contributed by atoms with Gasteiger partial charge >= 0.3 is 5.97 Å². The van der Waals surface area contributed by atoms with Crippen LogP contribution in [0, 0.1) is 5.92 Å². The number of anilines is 1. The Morgan fingerprint density at radius 2 is 1.96 bits per heavy atom. The summed E-state index contributed by atoms with van der Waals surface area (Å²) in [5.41, 5.74) is 3.91. The maximum absolute atomic E-state index is 12.2. The Morgan fingerprint density at radius 3 is 2.75 bits per heavy atom. The third kappa shape index (κ3) is 2.37. The molecule has 0 radical (unpaired) electrons. The molecule has 0 saturated carbocycles. The van der Waals surface area contributed by atoms with Crippen LogP contribution >= 0.6 is 15.9 Å². The first kappa shape index (κ1) is 15.5. The summed E-state index contributed by atoms with van der Waals surface area (Å²) in [7, 11) is 1.42. The molecule has 0 saturated heterocycles. The number of rotatable bonds is 2. The number of fused-ring (bicyclic) bond motifs is 3. The van der Waals surface area contributed by atoms with Gasteiger partial charge in [-0.3, -0.25) is 0 Å². The minimum absolute atomic E-state index is 0.152. The SMILES string of the molecule is COC(=O)c1cccc2c1NC(c1ccccc1Br)C1CC=CC21. The topological polar surface area (TPSA) is 38.3 Å². The zero-order valence-electron chi connectivity index (χ0n) is 13.3. The van der Waals surface area contributed by atoms with Gasteiger partial charge in [-0.2, -0.15) is 0 Å². The molecule has 0 fully saturated rings. The van der Waals surface area contributed by atoms with Crippen LogP contribution in [-0.4, -0.2) is 13.1 Å². The van der Waals surface area contributed by atoms with E-state index in [1.54, 1.807) is 0 Å². The molecule has 4 heteroatoms. The normalized spacial score (nSPS) is 24.0. The van der Waals surface area contributed by atoms with Gasteiger partial charge in [-0.15, -0.1) is 0 Å². The Bertz CT molecular complexity index is 830. The van der Waals surface area contributed by atoms with E-state index in [2.05, 4.69) is 57.7 Å². The van der Waals surface area contributed by atoms with Crippen molar-refractivity contribution in [3.63, 3.8) is 0 Å². The smallest absolute Gasteiger partial charge is 0.339 e. The number of benzene rings is 2. The number of methoxy groups -OCH3 is 1. The second kappa shape index (κ2) is 6.10. The molecule has 0 spiro atoms. The van der Waals surface area contributed by atoms with Crippen LogP contribution in [0.2, 0.25) is 0 Å². The fraction of sp³-hybridized carbons (Fsp3) is 0.250. The predicted molar refractivity (Wildman–Crippen MR) is 98.3 cm³/mol. The molecule has 1 N–H and O–H groups in total. The van der Waals surface area contributed by atoms with Crippen LogP contribution in [0.4, 0.5) is 5.69 Å². The van der Waals surface area contributed by atoms with Crippen molar-refractivity contribution in [2.75, 3.05) is 12.4 Å². The van der Waals surface area contributed by atoms with Crippen molar-refractivity contribution in [2.45, 2.75) is 18.4 Å². The summed E-state index contributed by atoms with van der Waals surface area (Å²) < 4.78 is 6.06. The van der Waals surface area contributed by atoms with Crippen LogP contribution in [0.1, 0.15) is 39.9 Å². The van der Waals surface area contributed by atoms with E-state index in [0.29, 0.717) is 17.4 Å². The monoisotopic (exact) mass is 383 g/mol. The third-order valence-electron chi connectivity index (χ3n) is 5.04. The number of carbonyl (C=O) groups is 1. The highest BCUT2D eigenvalue weighted by Crippen LogP contribution is 2.51. The van der Waals surface area contributed by atoms with Crippen molar-refractivity contribution < 1.29 is 9.53 Å². The maximum Gasteiger partial charge on any atom is 0.339 e. The summed E-state index contributed by atoms with van der Waals surface area (Å²) in [6.07, 6.45) is 5.56. The summed E-state index contributed by atoms with van der Waals surface area (Å²) >= 11 is 3.68. The van der Waals surface area contributed by atoms with E-state index in [1.807, 2.05) is 18.2 Å². The first-order valence-electron chi connectivity index (χ1n) is 8.09. The lowest BCUT2D eigenvalue weighted by molar-refractivity contribution is 0.0601. The zero-order valence-corrected chi connectivity index (χ0v) is 14.9. The predicted octanol–water partition coefficient (Wildman–Crippen LogP) is 5.06. The number of nitrogens with one attached hydrogen (secondary N) is 1. The zero-order chi connectivity index (χ0) is 16.7. The number of allylic oxidation sites excluding steroid dienone is 2. The summed E-state index contributed by atoms with van der Waals surface area (Å²) in [6, 6.07) is 14.3. The molecule has 122 valence electrons. The minimum Gasteiger partial charge on any atom is -0.465 e. The van der Waals surface area contributed by atoms with E-state index in [-0.39, 0.29) is 12.0 Å². The molecule has 1 aliphatic carbocycles. The molecule has 1 aliphatic heterocycles. The average Bonchev–Trinajstić information content (AvgIpc) is 3.10. The van der Waals surface area contributed by atoms with Gasteiger partial charge in [0.2, 0.25) is 0 Å². The second-order valence-corrected chi connectivity index (χ2v) is 7.11. The van der Waals surface area contributed by atoms with Crippen molar-refractivity contribution in [1.29, 1.82) is 0 Å². The molecule has 0 bridgehead atoms. The van der Waals surface area contributed by atoms with Gasteiger partial charge in [0, 0.05) is 10.4 Å². The van der Waals surface area contributed by atoms with Crippen molar-refractivity contribution in [3.8, 4) is 0 Å². The van der Waals surface area contributed by atoms with Crippen LogP contribution in [0.25, 0.3) is 0 Å². The van der Waals surface area contributed by atoms with Crippen molar-refractivity contribution in [1.82, 2.24) is 0 Å². The molecule has 24 heavy (non-hydrogen) atoms. The highest BCUT2D eigenvalue weighted by Gasteiger charge is 2.39. The quantitative estimate of drug-likeness (QED) is 0.581. The average molecular weight is 384 g/mol. The van der Waals surface area contributed by atoms with Crippen LogP contribution < -0.4 is 5.32 Å². The molecule has 0 amide bonds. The molecule has 2 aromatic carbocycles. The lowest BCUT2D eigenvalue weighted by atomic mass is 9.76. The van der Waals surface area contributed by atoms with Gasteiger partial charge in [0.25, 0.3) is 0 Å². The van der Waals surface area contributed by atoms with E-state index in [1.165, 1.54) is 18.2 Å². The van der Waals surface area contributed by atoms with Crippen LogP contribution in [0.5, 0.6) is 0 Å². The van der Waals surface area contributed by atoms with Crippen LogP contribution in [0.15, 0.2) is 59.1 Å². The number of hydrogen-bond acceptors (Lipinski definition) is 3. The number of para-hydroxylation sites is 1. The van der Waals surface area contributed by atoms with Gasteiger partial charge in [-0.25, -0.2) is 4.79 Å². The van der Waals surface area contributed by atoms with Gasteiger partial charge in [0.05, 0.1) is 24.4 Å². The Balaban J connectivity index is 1.85. The number of ether oxygens (including phenoxy) is 1. The summed E-state index contributed by atoms with van der Waals surface area (Å²) in [4.78, 5) is 12.2. The molecule has 4 rings (SSSR count). The Morgan fingerprint density at radius 1 is 1.17 bits per heavy atom. The molecule has 0 aromatic heterocycles. The summed E-state index contributed by atoms with van der Waals surface area (Å²) in [6.45, 7) is 0. The Labute approximate surface area is 149 Å². The fourth-order valence-corrected chi connectivity index (χ4v) is 4.47. The number of halogens is 1. The molecule has 3 nitrogen and oxygen atoms in total. The third-order valence-corrected chi connectivity index (χ3v) is 5.76. The number of carbonyl (C=O) groups excluding carboxylic acids is 1. The summed E-state index contributed by atoms with van der Waals surface area (Å²) in [5.74, 6) is 0.470. The Hall–Kier alpha value is -2.07. The van der Waals surface area contributed by atoms with E-state index in [9.17, 15) is 4.79 Å². The lowest BCUT2D eigenvalue weighted by Gasteiger charge is -2.38. The van der Waals surface area contributed by atoms with Gasteiger partial charge in [0.15, 0.2) is 0 Å². The number of esters is 1. The highest BCUT2D eigenvalue weighted by molar-refractivity contribution is 9.10. The molecule has 1 heterocycles. The minimum atomic E-state index is -0.300. The summed E-state index contributed by atoms with van der Waals surface area (Å²) in [5, 5.41) is 3.64. The van der Waals surface area contributed by atoms with E-state index >= 15 is 0 Å². The fourth-order valence-electron chi connectivity index (χ4n) is 3.94. The molecule has 3 unspecified atom stereocenters. The molecule has 3 atom stereocenters. The molecule has 2 aromatic rings. The van der Waals surface area contributed by atoms with Gasteiger partial charge < -0.3 is 10.1 Å². The van der Waals surface area contributed by atoms with E-state index in [0.717, 1.165) is 16.6 Å². The van der Waals surface area contributed by atoms with Gasteiger partial charge in [0.1, 0.15) is 0 Å². The molecular formula is C20H18BrNO2. The van der Waals surface area contributed by atoms with Crippen molar-refractivity contribution >= 4 is 27.6 Å². The highest BCUT2D eigenvalue weighted by atomic mass is 79.9. The van der Waals surface area contributed by atoms with Crippen molar-refractivity contribution in [2.24, 2.45) is 5.92 Å². The first-order chi connectivity index (χ1) is 11.7. The van der Waals surface area contributed by atoms with E-state index in [4.69, 9.17) is 4.74 Å². The first-order valence-corrected chi connectivity index (χ1v) is 8.89. The molecular weight excluding hydrogens is 366 g/mol. The number of hydrogen-bond donors (Lipinski definition) is 1. The standard InChI is InChI=1S/C20H18BrNO2/c1-24-20(23)16-10-5-9-14-12-7-4-8-13(12)18(22-19(14)16)15-6-2-3-11-17(15)21/h2-7,9-13,18,22H,8H2,1H3. The second-order valence-electron chi connectivity index (χ2n) is 6.26. The van der Waals surface area contributed by atoms with Gasteiger partial charge in [-0.05, 0) is 35.6 Å².